The predicted molar refractivity (Wildman–Crippen MR) is 114 cm³/mol. The molecule has 4 nitrogen and oxygen atoms in total. The van der Waals surface area contributed by atoms with Crippen molar-refractivity contribution in [3.8, 4) is 0 Å². The Kier molecular flexibility index (Phi) is 4.93. The molecule has 0 N–H and O–H groups in total. The first-order valence-corrected chi connectivity index (χ1v) is 11.0. The van der Waals surface area contributed by atoms with E-state index in [1.54, 1.807) is 23.1 Å². The quantitative estimate of drug-likeness (QED) is 0.444. The van der Waals surface area contributed by atoms with Crippen molar-refractivity contribution in [1.82, 2.24) is 4.90 Å². The first-order chi connectivity index (χ1) is 13.1. The summed E-state index contributed by atoms with van der Waals surface area (Å²) in [4.78, 5) is 30.8. The third-order valence-electron chi connectivity index (χ3n) is 4.60. The fourth-order valence-electron chi connectivity index (χ4n) is 3.24. The van der Waals surface area contributed by atoms with Gasteiger partial charge in [0.15, 0.2) is 5.78 Å². The number of rotatable bonds is 3. The lowest BCUT2D eigenvalue weighted by Gasteiger charge is -2.13. The molecule has 2 aromatic carbocycles. The zero-order chi connectivity index (χ0) is 19.0. The predicted octanol–water partition coefficient (Wildman–Crippen LogP) is 4.17. The summed E-state index contributed by atoms with van der Waals surface area (Å²) in [6, 6.07) is 17.4. The summed E-state index contributed by atoms with van der Waals surface area (Å²) in [5.74, 6) is 0.770. The number of carbonyl (C=O) groups is 2. The standard InChI is InChI=1S/C21H20N2O2S2/c1-3-23-19(13-17(24)15-9-5-4-6-10-15)26-21(20(23)25)27-14-22(2)16-11-7-8-12-18(16)27/h4-13H,3,14H2,1-2H3. The van der Waals surface area contributed by atoms with Gasteiger partial charge in [0.05, 0.1) is 16.6 Å². The van der Waals surface area contributed by atoms with Crippen LogP contribution in [0.5, 0.6) is 0 Å². The van der Waals surface area contributed by atoms with Gasteiger partial charge in [-0.25, -0.2) is 0 Å². The molecule has 0 spiro atoms. The molecule has 4 rings (SSSR count). The molecule has 27 heavy (non-hydrogen) atoms. The molecule has 0 radical (unpaired) electrons. The van der Waals surface area contributed by atoms with Gasteiger partial charge in [-0.05, 0) is 19.1 Å². The summed E-state index contributed by atoms with van der Waals surface area (Å²) in [6.45, 7) is 2.50. The number of ketones is 1. The first kappa shape index (κ1) is 18.1. The topological polar surface area (TPSA) is 40.6 Å². The molecule has 1 atom stereocenters. The maximum absolute atomic E-state index is 13.1. The minimum Gasteiger partial charge on any atom is -0.365 e. The smallest absolute Gasteiger partial charge is 0.271 e. The van der Waals surface area contributed by atoms with Gasteiger partial charge in [-0.3, -0.25) is 9.59 Å². The average molecular weight is 397 g/mol. The number of anilines is 1. The average Bonchev–Trinajstić information content (AvgIpc) is 3.19. The number of hydrogen-bond donors (Lipinski definition) is 0. The van der Waals surface area contributed by atoms with E-state index in [1.165, 1.54) is 22.3 Å². The van der Waals surface area contributed by atoms with Crippen LogP contribution in [0.1, 0.15) is 17.3 Å². The van der Waals surface area contributed by atoms with Crippen molar-refractivity contribution in [2.75, 3.05) is 24.4 Å². The van der Waals surface area contributed by atoms with Crippen LogP contribution in [-0.4, -0.2) is 40.3 Å². The van der Waals surface area contributed by atoms with Crippen LogP contribution in [0.25, 0.3) is 0 Å². The second-order valence-corrected chi connectivity index (χ2v) is 9.51. The van der Waals surface area contributed by atoms with E-state index in [9.17, 15) is 9.59 Å². The van der Waals surface area contributed by atoms with E-state index < -0.39 is 0 Å². The molecular formula is C21H20N2O2S2. The normalized spacial score (nSPS) is 21.9. The molecular weight excluding hydrogens is 376 g/mol. The summed E-state index contributed by atoms with van der Waals surface area (Å²) in [7, 11) is 1.78. The number of carbonyl (C=O) groups excluding carboxylic acids is 2. The minimum atomic E-state index is -0.278. The molecule has 138 valence electrons. The molecule has 1 saturated heterocycles. The second kappa shape index (κ2) is 7.37. The van der Waals surface area contributed by atoms with Crippen LogP contribution in [0.15, 0.2) is 70.6 Å². The van der Waals surface area contributed by atoms with Gasteiger partial charge >= 0.3 is 0 Å². The zero-order valence-corrected chi connectivity index (χ0v) is 16.8. The minimum absolute atomic E-state index is 0.0306. The summed E-state index contributed by atoms with van der Waals surface area (Å²) >= 11 is 1.46. The van der Waals surface area contributed by atoms with E-state index in [2.05, 4.69) is 24.1 Å². The van der Waals surface area contributed by atoms with E-state index in [1.807, 2.05) is 37.3 Å². The van der Waals surface area contributed by atoms with Crippen LogP contribution in [0, 0.1) is 0 Å². The number of allylic oxidation sites excluding steroid dienone is 1. The van der Waals surface area contributed by atoms with Crippen molar-refractivity contribution in [3.63, 3.8) is 0 Å². The van der Waals surface area contributed by atoms with Crippen molar-refractivity contribution in [2.45, 2.75) is 11.8 Å². The van der Waals surface area contributed by atoms with Gasteiger partial charge in [-0.2, -0.15) is 0 Å². The molecule has 1 unspecified atom stereocenters. The van der Waals surface area contributed by atoms with Crippen LogP contribution >= 0.6 is 22.2 Å². The second-order valence-electron chi connectivity index (χ2n) is 6.34. The van der Waals surface area contributed by atoms with Crippen LogP contribution in [-0.2, 0) is 4.79 Å². The molecule has 0 saturated carbocycles. The first-order valence-electron chi connectivity index (χ1n) is 8.79. The lowest BCUT2D eigenvalue weighted by molar-refractivity contribution is -0.120. The number of hydrogen-bond acceptors (Lipinski definition) is 4. The highest BCUT2D eigenvalue weighted by Crippen LogP contribution is 2.48. The Morgan fingerprint density at radius 3 is 2.59 bits per heavy atom. The van der Waals surface area contributed by atoms with Crippen LogP contribution in [0.4, 0.5) is 5.69 Å². The van der Waals surface area contributed by atoms with Gasteiger partial charge in [-0.1, -0.05) is 54.2 Å². The molecule has 2 aliphatic heterocycles. The number of amides is 1. The highest BCUT2D eigenvalue weighted by molar-refractivity contribution is 8.37. The molecule has 1 fully saturated rings. The molecule has 6 heteroatoms. The Morgan fingerprint density at radius 2 is 1.85 bits per heavy atom. The lowest BCUT2D eigenvalue weighted by Crippen LogP contribution is -2.26. The van der Waals surface area contributed by atoms with Crippen molar-refractivity contribution >= 4 is 43.8 Å². The van der Waals surface area contributed by atoms with Gasteiger partial charge in [0.25, 0.3) is 5.91 Å². The maximum atomic E-state index is 13.1. The number of nitrogens with zero attached hydrogens (tertiary/aromatic N) is 2. The largest absolute Gasteiger partial charge is 0.365 e. The van der Waals surface area contributed by atoms with E-state index >= 15 is 0 Å². The summed E-state index contributed by atoms with van der Waals surface area (Å²) in [5, 5.41) is 0.728. The fraction of sp³-hybridized carbons (Fsp3) is 0.190. The third kappa shape index (κ3) is 3.24. The van der Waals surface area contributed by atoms with Gasteiger partial charge < -0.3 is 9.80 Å². The van der Waals surface area contributed by atoms with Gasteiger partial charge in [0.2, 0.25) is 0 Å². The monoisotopic (exact) mass is 396 g/mol. The SMILES string of the molecule is CCN1C(=O)C(=S2CN(C)c3ccccc32)SC1=CC(=O)c1ccccc1. The lowest BCUT2D eigenvalue weighted by atomic mass is 10.1. The van der Waals surface area contributed by atoms with Gasteiger partial charge in [-0.15, -0.1) is 10.5 Å². The Morgan fingerprint density at radius 1 is 1.15 bits per heavy atom. The van der Waals surface area contributed by atoms with Gasteiger partial charge in [0.1, 0.15) is 4.20 Å². The summed E-state index contributed by atoms with van der Waals surface area (Å²) in [6.07, 6.45) is 1.60. The molecule has 2 aliphatic rings. The number of fused-ring (bicyclic) bond motifs is 1. The Balaban J connectivity index is 1.73. The van der Waals surface area contributed by atoms with Crippen LogP contribution in [0.2, 0.25) is 0 Å². The van der Waals surface area contributed by atoms with E-state index in [4.69, 9.17) is 0 Å². The Labute approximate surface area is 165 Å². The van der Waals surface area contributed by atoms with E-state index in [0.717, 1.165) is 15.1 Å². The Bertz CT molecular complexity index is 983. The van der Waals surface area contributed by atoms with E-state index in [-0.39, 0.29) is 22.2 Å². The van der Waals surface area contributed by atoms with Crippen molar-refractivity contribution in [1.29, 1.82) is 0 Å². The summed E-state index contributed by atoms with van der Waals surface area (Å²) < 4.78 is 0.834. The van der Waals surface area contributed by atoms with Crippen molar-refractivity contribution in [2.24, 2.45) is 0 Å². The fourth-order valence-corrected chi connectivity index (χ4v) is 7.22. The van der Waals surface area contributed by atoms with Crippen molar-refractivity contribution < 1.29 is 9.59 Å². The third-order valence-corrected chi connectivity index (χ3v) is 8.51. The number of para-hydroxylation sites is 1. The zero-order valence-electron chi connectivity index (χ0n) is 15.2. The molecule has 0 aromatic heterocycles. The molecule has 1 amide bonds. The molecule has 2 heterocycles. The number of benzene rings is 2. The molecule has 2 aromatic rings. The van der Waals surface area contributed by atoms with Gasteiger partial charge in [0, 0.05) is 30.1 Å². The van der Waals surface area contributed by atoms with E-state index in [0.29, 0.717) is 12.1 Å². The highest BCUT2D eigenvalue weighted by atomic mass is 32.2. The van der Waals surface area contributed by atoms with Crippen LogP contribution < -0.4 is 4.90 Å². The van der Waals surface area contributed by atoms with Crippen molar-refractivity contribution in [3.05, 3.63) is 71.3 Å². The summed E-state index contributed by atoms with van der Waals surface area (Å²) in [5.41, 5.74) is 1.82. The van der Waals surface area contributed by atoms with Crippen LogP contribution in [0.3, 0.4) is 0 Å². The molecule has 0 aliphatic carbocycles. The Hall–Kier alpha value is -2.31. The molecule has 0 bridgehead atoms. The number of thioether (sulfide) groups is 1. The maximum Gasteiger partial charge on any atom is 0.271 e. The highest BCUT2D eigenvalue weighted by Gasteiger charge is 2.36.